The molecule has 124 valence electrons. The molecule has 2 rings (SSSR count). The second-order valence-electron chi connectivity index (χ2n) is 5.63. The lowest BCUT2D eigenvalue weighted by molar-refractivity contribution is -0.123. The van der Waals surface area contributed by atoms with Crippen LogP contribution in [0.25, 0.3) is 0 Å². The molecule has 6 heteroatoms. The zero-order valence-corrected chi connectivity index (χ0v) is 13.8. The van der Waals surface area contributed by atoms with Gasteiger partial charge in [-0.2, -0.15) is 0 Å². The molecule has 0 radical (unpaired) electrons. The van der Waals surface area contributed by atoms with E-state index in [1.165, 1.54) is 0 Å². The summed E-state index contributed by atoms with van der Waals surface area (Å²) in [6, 6.07) is 7.43. The lowest BCUT2D eigenvalue weighted by Gasteiger charge is -2.21. The summed E-state index contributed by atoms with van der Waals surface area (Å²) in [4.78, 5) is 12.2. The molecule has 5 N–H and O–H groups in total. The van der Waals surface area contributed by atoms with Gasteiger partial charge in [-0.15, -0.1) is 12.4 Å². The first-order valence-corrected chi connectivity index (χ1v) is 7.55. The van der Waals surface area contributed by atoms with Gasteiger partial charge in [0.15, 0.2) is 0 Å². The number of ether oxygens (including phenoxy) is 1. The van der Waals surface area contributed by atoms with E-state index in [1.54, 1.807) is 7.11 Å². The fourth-order valence-electron chi connectivity index (χ4n) is 2.44. The number of benzene rings is 1. The predicted molar refractivity (Wildman–Crippen MR) is 90.1 cm³/mol. The van der Waals surface area contributed by atoms with Crippen LogP contribution in [0.5, 0.6) is 5.75 Å². The van der Waals surface area contributed by atoms with Crippen molar-refractivity contribution in [3.63, 3.8) is 0 Å². The third-order valence-corrected chi connectivity index (χ3v) is 3.92. The Morgan fingerprint density at radius 3 is 2.50 bits per heavy atom. The normalized spacial score (nSPS) is 16.3. The smallest absolute Gasteiger partial charge is 0.237 e. The standard InChI is InChI=1S/C16H25N3O2.ClH/c1-21-13-8-6-12(7-9-13)15(11-4-5-11)19-16(20)14(18)3-2-10-17;/h6-9,11,14-15H,2-5,10,17-18H2,1H3,(H,19,20);1H/t14-,15+;/m1./s1. The molecule has 1 aliphatic carbocycles. The summed E-state index contributed by atoms with van der Waals surface area (Å²) in [6.45, 7) is 0.561. The number of amides is 1. The Morgan fingerprint density at radius 1 is 1.36 bits per heavy atom. The van der Waals surface area contributed by atoms with Crippen LogP contribution < -0.4 is 21.5 Å². The third-order valence-electron chi connectivity index (χ3n) is 3.92. The van der Waals surface area contributed by atoms with Gasteiger partial charge < -0.3 is 21.5 Å². The first-order valence-electron chi connectivity index (χ1n) is 7.55. The van der Waals surface area contributed by atoms with E-state index < -0.39 is 6.04 Å². The number of hydrogen-bond acceptors (Lipinski definition) is 4. The molecule has 0 heterocycles. The monoisotopic (exact) mass is 327 g/mol. The van der Waals surface area contributed by atoms with Crippen LogP contribution in [0.4, 0.5) is 0 Å². The number of hydrogen-bond donors (Lipinski definition) is 3. The van der Waals surface area contributed by atoms with Crippen LogP contribution in [-0.4, -0.2) is 25.6 Å². The van der Waals surface area contributed by atoms with Crippen molar-refractivity contribution in [3.05, 3.63) is 29.8 Å². The Hall–Kier alpha value is -1.30. The van der Waals surface area contributed by atoms with Gasteiger partial charge in [0.2, 0.25) is 5.91 Å². The van der Waals surface area contributed by atoms with Crippen LogP contribution in [0.15, 0.2) is 24.3 Å². The summed E-state index contributed by atoms with van der Waals surface area (Å²) in [5.74, 6) is 1.25. The number of carbonyl (C=O) groups excluding carboxylic acids is 1. The van der Waals surface area contributed by atoms with Crippen LogP contribution in [0, 0.1) is 5.92 Å². The molecular weight excluding hydrogens is 302 g/mol. The van der Waals surface area contributed by atoms with Crippen molar-refractivity contribution in [2.45, 2.75) is 37.8 Å². The molecule has 0 unspecified atom stereocenters. The quantitative estimate of drug-likeness (QED) is 0.678. The second kappa shape index (κ2) is 8.98. The molecule has 5 nitrogen and oxygen atoms in total. The molecule has 2 atom stereocenters. The summed E-state index contributed by atoms with van der Waals surface area (Å²) >= 11 is 0. The van der Waals surface area contributed by atoms with Crippen molar-refractivity contribution in [2.75, 3.05) is 13.7 Å². The maximum Gasteiger partial charge on any atom is 0.237 e. The van der Waals surface area contributed by atoms with Crippen molar-refractivity contribution >= 4 is 18.3 Å². The molecule has 0 aliphatic heterocycles. The second-order valence-corrected chi connectivity index (χ2v) is 5.63. The highest BCUT2D eigenvalue weighted by Gasteiger charge is 2.34. The average Bonchev–Trinajstić information content (AvgIpc) is 3.34. The first kappa shape index (κ1) is 18.7. The van der Waals surface area contributed by atoms with E-state index in [1.807, 2.05) is 24.3 Å². The van der Waals surface area contributed by atoms with Gasteiger partial charge in [-0.25, -0.2) is 0 Å². The van der Waals surface area contributed by atoms with Gasteiger partial charge in [0.25, 0.3) is 0 Å². The number of carbonyl (C=O) groups is 1. The Bertz CT molecular complexity index is 463. The minimum Gasteiger partial charge on any atom is -0.497 e. The number of rotatable bonds is 8. The molecule has 1 aliphatic rings. The van der Waals surface area contributed by atoms with Crippen molar-refractivity contribution in [1.82, 2.24) is 5.32 Å². The highest BCUT2D eigenvalue weighted by atomic mass is 35.5. The Morgan fingerprint density at radius 2 is 2.00 bits per heavy atom. The minimum atomic E-state index is -0.479. The number of halogens is 1. The summed E-state index contributed by atoms with van der Waals surface area (Å²) in [7, 11) is 1.64. The highest BCUT2D eigenvalue weighted by molar-refractivity contribution is 5.85. The number of nitrogens with two attached hydrogens (primary N) is 2. The molecule has 0 aromatic heterocycles. The molecule has 0 saturated heterocycles. The van der Waals surface area contributed by atoms with Gasteiger partial charge in [0.1, 0.15) is 5.75 Å². The van der Waals surface area contributed by atoms with E-state index in [0.717, 1.165) is 30.6 Å². The molecule has 1 fully saturated rings. The Balaban J connectivity index is 0.00000242. The molecular formula is C16H26ClN3O2. The van der Waals surface area contributed by atoms with Crippen molar-refractivity contribution in [3.8, 4) is 5.75 Å². The number of nitrogens with one attached hydrogen (secondary N) is 1. The van der Waals surface area contributed by atoms with Gasteiger partial charge in [0.05, 0.1) is 19.2 Å². The summed E-state index contributed by atoms with van der Waals surface area (Å²) in [5, 5.41) is 3.10. The number of methoxy groups -OCH3 is 1. The lowest BCUT2D eigenvalue weighted by Crippen LogP contribution is -2.43. The fourth-order valence-corrected chi connectivity index (χ4v) is 2.44. The zero-order chi connectivity index (χ0) is 15.2. The lowest BCUT2D eigenvalue weighted by atomic mass is 10.0. The maximum absolute atomic E-state index is 12.2. The third kappa shape index (κ3) is 5.16. The molecule has 1 amide bonds. The SMILES string of the molecule is COc1ccc([C@@H](NC(=O)[C@H](N)CCCN)C2CC2)cc1.Cl. The van der Waals surface area contributed by atoms with E-state index in [9.17, 15) is 4.79 Å². The van der Waals surface area contributed by atoms with Crippen molar-refractivity contribution < 1.29 is 9.53 Å². The van der Waals surface area contributed by atoms with Gasteiger partial charge in [-0.05, 0) is 55.8 Å². The zero-order valence-electron chi connectivity index (χ0n) is 13.0. The van der Waals surface area contributed by atoms with E-state index in [0.29, 0.717) is 18.9 Å². The molecule has 0 spiro atoms. The highest BCUT2D eigenvalue weighted by Crippen LogP contribution is 2.41. The molecule has 0 bridgehead atoms. The minimum absolute atomic E-state index is 0. The Labute approximate surface area is 138 Å². The van der Waals surface area contributed by atoms with Crippen LogP contribution in [0.1, 0.15) is 37.3 Å². The molecule has 1 saturated carbocycles. The van der Waals surface area contributed by atoms with Gasteiger partial charge >= 0.3 is 0 Å². The van der Waals surface area contributed by atoms with E-state index in [-0.39, 0.29) is 24.4 Å². The van der Waals surface area contributed by atoms with E-state index in [2.05, 4.69) is 5.32 Å². The van der Waals surface area contributed by atoms with E-state index >= 15 is 0 Å². The topological polar surface area (TPSA) is 90.4 Å². The molecule has 1 aromatic carbocycles. The van der Waals surface area contributed by atoms with Crippen LogP contribution in [0.2, 0.25) is 0 Å². The summed E-state index contributed by atoms with van der Waals surface area (Å²) in [6.07, 6.45) is 3.69. The van der Waals surface area contributed by atoms with Gasteiger partial charge in [-0.3, -0.25) is 4.79 Å². The van der Waals surface area contributed by atoms with Gasteiger partial charge in [-0.1, -0.05) is 12.1 Å². The van der Waals surface area contributed by atoms with Gasteiger partial charge in [0, 0.05) is 0 Å². The predicted octanol–water partition coefficient (Wildman–Crippen LogP) is 1.75. The summed E-state index contributed by atoms with van der Waals surface area (Å²) < 4.78 is 5.17. The van der Waals surface area contributed by atoms with Crippen LogP contribution in [-0.2, 0) is 4.79 Å². The average molecular weight is 328 g/mol. The molecule has 22 heavy (non-hydrogen) atoms. The van der Waals surface area contributed by atoms with Crippen molar-refractivity contribution in [1.29, 1.82) is 0 Å². The van der Waals surface area contributed by atoms with Crippen LogP contribution >= 0.6 is 12.4 Å². The molecule has 1 aromatic rings. The summed E-state index contributed by atoms with van der Waals surface area (Å²) in [5.41, 5.74) is 12.5. The van der Waals surface area contributed by atoms with Crippen molar-refractivity contribution in [2.24, 2.45) is 17.4 Å². The largest absolute Gasteiger partial charge is 0.497 e. The maximum atomic E-state index is 12.2. The Kier molecular flexibility index (Phi) is 7.65. The van der Waals surface area contributed by atoms with Crippen LogP contribution in [0.3, 0.4) is 0 Å². The van der Waals surface area contributed by atoms with E-state index in [4.69, 9.17) is 16.2 Å². The fraction of sp³-hybridized carbons (Fsp3) is 0.562. The first-order chi connectivity index (χ1) is 10.2.